The summed E-state index contributed by atoms with van der Waals surface area (Å²) in [7, 11) is 1.89. The molecular weight excluding hydrogens is 230 g/mol. The average molecular weight is 249 g/mol. The van der Waals surface area contributed by atoms with Gasteiger partial charge in [0.05, 0.1) is 17.3 Å². The molecule has 0 aliphatic carbocycles. The minimum atomic E-state index is -0.209. The van der Waals surface area contributed by atoms with E-state index in [9.17, 15) is 0 Å². The van der Waals surface area contributed by atoms with Crippen LogP contribution < -0.4 is 5.73 Å². The molecule has 1 atom stereocenters. The van der Waals surface area contributed by atoms with Crippen molar-refractivity contribution in [1.29, 1.82) is 0 Å². The second kappa shape index (κ2) is 4.53. The zero-order chi connectivity index (χ0) is 13.4. The van der Waals surface area contributed by atoms with Crippen molar-refractivity contribution in [3.63, 3.8) is 0 Å². The monoisotopic (exact) mass is 249 g/mol. The smallest absolute Gasteiger partial charge is 0.261 e. The van der Waals surface area contributed by atoms with Crippen molar-refractivity contribution >= 4 is 0 Å². The van der Waals surface area contributed by atoms with Crippen molar-refractivity contribution in [3.8, 4) is 11.5 Å². The second-order valence-electron chi connectivity index (χ2n) is 4.90. The minimum absolute atomic E-state index is 0.209. The van der Waals surface area contributed by atoms with E-state index in [0.717, 1.165) is 17.0 Å². The maximum Gasteiger partial charge on any atom is 0.261 e. The Balaban J connectivity index is 2.41. The van der Waals surface area contributed by atoms with Crippen molar-refractivity contribution in [3.05, 3.63) is 17.2 Å². The van der Waals surface area contributed by atoms with Crippen LogP contribution in [0.2, 0.25) is 0 Å². The second-order valence-corrected chi connectivity index (χ2v) is 4.90. The van der Waals surface area contributed by atoms with Gasteiger partial charge < -0.3 is 10.3 Å². The van der Waals surface area contributed by atoms with Gasteiger partial charge in [-0.1, -0.05) is 19.0 Å². The number of nitrogens with two attached hydrogens (primary N) is 1. The number of aromatic nitrogens is 4. The summed E-state index contributed by atoms with van der Waals surface area (Å²) in [5.41, 5.74) is 8.78. The van der Waals surface area contributed by atoms with Crippen LogP contribution in [0.15, 0.2) is 4.52 Å². The predicted molar refractivity (Wildman–Crippen MR) is 67.7 cm³/mol. The average Bonchev–Trinajstić information content (AvgIpc) is 2.84. The Labute approximate surface area is 106 Å². The van der Waals surface area contributed by atoms with Crippen LogP contribution in [-0.2, 0) is 7.05 Å². The van der Waals surface area contributed by atoms with Crippen LogP contribution in [0.25, 0.3) is 11.5 Å². The fraction of sp³-hybridized carbons (Fsp3) is 0.583. The van der Waals surface area contributed by atoms with Crippen LogP contribution in [0.4, 0.5) is 0 Å². The molecule has 0 aliphatic heterocycles. The molecule has 0 fully saturated rings. The summed E-state index contributed by atoms with van der Waals surface area (Å²) >= 11 is 0. The highest BCUT2D eigenvalue weighted by Crippen LogP contribution is 2.26. The van der Waals surface area contributed by atoms with Crippen LogP contribution in [0.5, 0.6) is 0 Å². The van der Waals surface area contributed by atoms with Gasteiger partial charge in [0, 0.05) is 12.7 Å². The minimum Gasteiger partial charge on any atom is -0.334 e. The molecule has 0 bridgehead atoms. The molecule has 18 heavy (non-hydrogen) atoms. The molecule has 0 aromatic carbocycles. The third-order valence-corrected chi connectivity index (χ3v) is 3.18. The SMILES string of the molecule is Cc1nn(C)c(C)c1-c1nc(C(N)C(C)C)no1. The lowest BCUT2D eigenvalue weighted by molar-refractivity contribution is 0.399. The summed E-state index contributed by atoms with van der Waals surface area (Å²) < 4.78 is 7.11. The molecule has 2 aromatic heterocycles. The lowest BCUT2D eigenvalue weighted by Crippen LogP contribution is -2.18. The van der Waals surface area contributed by atoms with Gasteiger partial charge in [-0.3, -0.25) is 4.68 Å². The van der Waals surface area contributed by atoms with Crippen molar-refractivity contribution in [2.75, 3.05) is 0 Å². The van der Waals surface area contributed by atoms with E-state index >= 15 is 0 Å². The fourth-order valence-electron chi connectivity index (χ4n) is 1.85. The third-order valence-electron chi connectivity index (χ3n) is 3.18. The maximum atomic E-state index is 6.00. The zero-order valence-electron chi connectivity index (χ0n) is 11.4. The fourth-order valence-corrected chi connectivity index (χ4v) is 1.85. The van der Waals surface area contributed by atoms with E-state index in [1.54, 1.807) is 4.68 Å². The molecule has 6 heteroatoms. The largest absolute Gasteiger partial charge is 0.334 e. The number of hydrogen-bond acceptors (Lipinski definition) is 5. The van der Waals surface area contributed by atoms with Crippen molar-refractivity contribution in [1.82, 2.24) is 19.9 Å². The van der Waals surface area contributed by atoms with Gasteiger partial charge in [-0.05, 0) is 19.8 Å². The third kappa shape index (κ3) is 2.03. The molecule has 2 heterocycles. The Hall–Kier alpha value is -1.69. The molecule has 0 spiro atoms. The van der Waals surface area contributed by atoms with Gasteiger partial charge in [-0.25, -0.2) is 0 Å². The highest BCUT2D eigenvalue weighted by molar-refractivity contribution is 5.59. The standard InChI is InChI=1S/C12H19N5O/c1-6(2)10(13)11-14-12(18-16-11)9-7(3)15-17(5)8(9)4/h6,10H,13H2,1-5H3. The van der Waals surface area contributed by atoms with Gasteiger partial charge >= 0.3 is 0 Å². The maximum absolute atomic E-state index is 6.00. The highest BCUT2D eigenvalue weighted by Gasteiger charge is 2.21. The molecule has 2 N–H and O–H groups in total. The van der Waals surface area contributed by atoms with Crippen molar-refractivity contribution < 1.29 is 4.52 Å². The summed E-state index contributed by atoms with van der Waals surface area (Å²) in [5, 5.41) is 8.29. The topological polar surface area (TPSA) is 82.8 Å². The van der Waals surface area contributed by atoms with Crippen LogP contribution in [0.1, 0.15) is 37.1 Å². The lowest BCUT2D eigenvalue weighted by atomic mass is 10.1. The molecule has 0 amide bonds. The van der Waals surface area contributed by atoms with Crippen LogP contribution in [0, 0.1) is 19.8 Å². The first kappa shape index (κ1) is 12.8. The molecule has 0 radical (unpaired) electrons. The molecule has 0 saturated carbocycles. The summed E-state index contributed by atoms with van der Waals surface area (Å²) in [6.45, 7) is 7.96. The van der Waals surface area contributed by atoms with E-state index in [1.807, 2.05) is 34.7 Å². The Morgan fingerprint density at radius 1 is 1.28 bits per heavy atom. The quantitative estimate of drug-likeness (QED) is 0.895. The van der Waals surface area contributed by atoms with E-state index in [-0.39, 0.29) is 12.0 Å². The normalized spacial score (nSPS) is 13.3. The van der Waals surface area contributed by atoms with Gasteiger partial charge in [0.1, 0.15) is 0 Å². The van der Waals surface area contributed by atoms with Gasteiger partial charge in [0.25, 0.3) is 5.89 Å². The van der Waals surface area contributed by atoms with E-state index in [0.29, 0.717) is 11.7 Å². The molecular formula is C12H19N5O. The molecule has 0 saturated heterocycles. The first-order chi connectivity index (χ1) is 8.41. The number of nitrogens with zero attached hydrogens (tertiary/aromatic N) is 4. The molecule has 1 unspecified atom stereocenters. The van der Waals surface area contributed by atoms with E-state index in [2.05, 4.69) is 15.2 Å². The lowest BCUT2D eigenvalue weighted by Gasteiger charge is -2.09. The van der Waals surface area contributed by atoms with Crippen LogP contribution >= 0.6 is 0 Å². The summed E-state index contributed by atoms with van der Waals surface area (Å²) in [6.07, 6.45) is 0. The first-order valence-corrected chi connectivity index (χ1v) is 6.01. The van der Waals surface area contributed by atoms with Gasteiger partial charge in [-0.2, -0.15) is 10.1 Å². The van der Waals surface area contributed by atoms with Crippen molar-refractivity contribution in [2.45, 2.75) is 33.7 Å². The highest BCUT2D eigenvalue weighted by atomic mass is 16.5. The Bertz CT molecular complexity index is 555. The van der Waals surface area contributed by atoms with E-state index in [1.165, 1.54) is 0 Å². The van der Waals surface area contributed by atoms with Crippen molar-refractivity contribution in [2.24, 2.45) is 18.7 Å². The number of aryl methyl sites for hydroxylation is 2. The van der Waals surface area contributed by atoms with E-state index in [4.69, 9.17) is 10.3 Å². The van der Waals surface area contributed by atoms with Crippen LogP contribution in [-0.4, -0.2) is 19.9 Å². The summed E-state index contributed by atoms with van der Waals surface area (Å²) in [4.78, 5) is 4.38. The first-order valence-electron chi connectivity index (χ1n) is 6.01. The molecule has 6 nitrogen and oxygen atoms in total. The molecule has 2 rings (SSSR count). The predicted octanol–water partition coefficient (Wildman–Crippen LogP) is 1.74. The van der Waals surface area contributed by atoms with Gasteiger partial charge in [0.2, 0.25) is 0 Å². The zero-order valence-corrected chi connectivity index (χ0v) is 11.4. The van der Waals surface area contributed by atoms with E-state index < -0.39 is 0 Å². The van der Waals surface area contributed by atoms with Gasteiger partial charge in [-0.15, -0.1) is 0 Å². The number of hydrogen-bond donors (Lipinski definition) is 1. The summed E-state index contributed by atoms with van der Waals surface area (Å²) in [5.74, 6) is 1.30. The molecule has 0 aliphatic rings. The Morgan fingerprint density at radius 2 is 1.94 bits per heavy atom. The summed E-state index contributed by atoms with van der Waals surface area (Å²) in [6, 6.07) is -0.209. The van der Waals surface area contributed by atoms with Gasteiger partial charge in [0.15, 0.2) is 5.82 Å². The Morgan fingerprint density at radius 3 is 2.44 bits per heavy atom. The number of rotatable bonds is 3. The van der Waals surface area contributed by atoms with Crippen LogP contribution in [0.3, 0.4) is 0 Å². The Kier molecular flexibility index (Phi) is 3.21. The molecule has 2 aromatic rings. The molecule has 98 valence electrons.